The van der Waals surface area contributed by atoms with Gasteiger partial charge in [-0.2, -0.15) is 0 Å². The summed E-state index contributed by atoms with van der Waals surface area (Å²) >= 11 is 1.34. The van der Waals surface area contributed by atoms with Crippen molar-refractivity contribution in [1.82, 2.24) is 10.3 Å². The quantitative estimate of drug-likeness (QED) is 0.751. The van der Waals surface area contributed by atoms with Crippen LogP contribution in [0.5, 0.6) is 0 Å². The molecule has 4 N–H and O–H groups in total. The topological polar surface area (TPSA) is 91.5 Å². The molecule has 1 amide bonds. The molecular weight excluding hydrogens is 264 g/mol. The molecule has 1 aromatic heterocycles. The molecule has 0 atom stereocenters. The molecule has 0 spiro atoms. The van der Waals surface area contributed by atoms with E-state index in [2.05, 4.69) is 15.2 Å². The molecule has 0 aromatic carbocycles. The molecule has 0 bridgehead atoms. The van der Waals surface area contributed by atoms with E-state index >= 15 is 0 Å². The van der Waals surface area contributed by atoms with Crippen molar-refractivity contribution in [2.24, 2.45) is 0 Å². The predicted octanol–water partition coefficient (Wildman–Crippen LogP) is 0.580. The van der Waals surface area contributed by atoms with Crippen LogP contribution in [0.2, 0.25) is 0 Å². The van der Waals surface area contributed by atoms with E-state index in [0.29, 0.717) is 4.88 Å². The number of aliphatic hydroxyl groups excluding tert-OH is 1. The Kier molecular flexibility index (Phi) is 3.10. The molecule has 2 heterocycles. The highest BCUT2D eigenvalue weighted by atomic mass is 32.1. The van der Waals surface area contributed by atoms with Crippen LogP contribution in [0.15, 0.2) is 0 Å². The molecule has 2 fully saturated rings. The summed E-state index contributed by atoms with van der Waals surface area (Å²) in [7, 11) is 0. The first-order chi connectivity index (χ1) is 9.13. The second kappa shape index (κ2) is 4.64. The number of hydrogen-bond acceptors (Lipinski definition) is 6. The summed E-state index contributed by atoms with van der Waals surface area (Å²) in [6, 6.07) is 0. The van der Waals surface area contributed by atoms with Crippen LogP contribution in [0, 0.1) is 0 Å². The number of hydrogen-bond donors (Lipinski definition) is 3. The van der Waals surface area contributed by atoms with Gasteiger partial charge in [-0.25, -0.2) is 4.98 Å². The zero-order valence-corrected chi connectivity index (χ0v) is 11.5. The number of rotatable bonds is 4. The molecule has 1 aromatic rings. The van der Waals surface area contributed by atoms with E-state index in [-0.39, 0.29) is 18.3 Å². The molecule has 1 saturated heterocycles. The molecule has 0 radical (unpaired) electrons. The van der Waals surface area contributed by atoms with Gasteiger partial charge in [-0.15, -0.1) is 0 Å². The lowest BCUT2D eigenvalue weighted by molar-refractivity contribution is 0.0911. The van der Waals surface area contributed by atoms with Gasteiger partial charge >= 0.3 is 0 Å². The highest BCUT2D eigenvalue weighted by Crippen LogP contribution is 2.36. The van der Waals surface area contributed by atoms with Crippen LogP contribution in [0.4, 0.5) is 10.9 Å². The summed E-state index contributed by atoms with van der Waals surface area (Å²) < 4.78 is 0. The fourth-order valence-electron chi connectivity index (χ4n) is 2.30. The molecule has 1 aliphatic carbocycles. The number of anilines is 2. The fraction of sp³-hybridized carbons (Fsp3) is 0.667. The molecule has 104 valence electrons. The maximum Gasteiger partial charge on any atom is 0.265 e. The molecule has 0 unspecified atom stereocenters. The third-order valence-electron chi connectivity index (χ3n) is 3.76. The number of aromatic nitrogens is 1. The van der Waals surface area contributed by atoms with Crippen LogP contribution in [0.1, 0.15) is 35.4 Å². The third-order valence-corrected chi connectivity index (χ3v) is 4.89. The van der Waals surface area contributed by atoms with E-state index in [1.54, 1.807) is 0 Å². The van der Waals surface area contributed by atoms with Crippen molar-refractivity contribution >= 4 is 28.2 Å². The second-order valence-electron chi connectivity index (χ2n) is 5.30. The van der Waals surface area contributed by atoms with Crippen molar-refractivity contribution in [1.29, 1.82) is 0 Å². The fourth-order valence-corrected chi connectivity index (χ4v) is 3.23. The summed E-state index contributed by atoms with van der Waals surface area (Å²) in [6.07, 6.45) is 3.98. The largest absolute Gasteiger partial charge is 0.394 e. The van der Waals surface area contributed by atoms with Crippen LogP contribution in [-0.4, -0.2) is 41.2 Å². The van der Waals surface area contributed by atoms with Gasteiger partial charge in [0.15, 0.2) is 5.13 Å². The van der Waals surface area contributed by atoms with E-state index in [1.165, 1.54) is 11.3 Å². The average Bonchev–Trinajstić information content (AvgIpc) is 2.81. The minimum Gasteiger partial charge on any atom is -0.394 e. The first-order valence-electron chi connectivity index (χ1n) is 6.58. The van der Waals surface area contributed by atoms with Gasteiger partial charge in [0.2, 0.25) is 0 Å². The summed E-state index contributed by atoms with van der Waals surface area (Å²) in [5, 5.41) is 12.9. The summed E-state index contributed by atoms with van der Waals surface area (Å²) in [4.78, 5) is 19.1. The molecule has 1 aliphatic heterocycles. The van der Waals surface area contributed by atoms with Gasteiger partial charge in [-0.3, -0.25) is 4.79 Å². The Bertz CT molecular complexity index is 492. The lowest BCUT2D eigenvalue weighted by atomic mass is 10.3. The Hall–Kier alpha value is -1.34. The van der Waals surface area contributed by atoms with Gasteiger partial charge in [0, 0.05) is 13.1 Å². The maximum atomic E-state index is 12.2. The normalized spacial score (nSPS) is 20.6. The predicted molar refractivity (Wildman–Crippen MR) is 74.5 cm³/mol. The number of carbonyl (C=O) groups is 1. The van der Waals surface area contributed by atoms with E-state index < -0.39 is 5.54 Å². The number of amides is 1. The minimum absolute atomic E-state index is 0.0174. The molecule has 3 rings (SSSR count). The Labute approximate surface area is 115 Å². The Morgan fingerprint density at radius 1 is 1.47 bits per heavy atom. The number of thiazole rings is 1. The van der Waals surface area contributed by atoms with E-state index in [0.717, 1.165) is 43.9 Å². The van der Waals surface area contributed by atoms with Gasteiger partial charge in [0.05, 0.1) is 12.1 Å². The Morgan fingerprint density at radius 3 is 2.74 bits per heavy atom. The number of aliphatic hydroxyl groups is 1. The number of nitrogens with two attached hydrogens (primary N) is 1. The summed E-state index contributed by atoms with van der Waals surface area (Å²) in [6.45, 7) is 1.94. The van der Waals surface area contributed by atoms with Gasteiger partial charge in [0.1, 0.15) is 10.7 Å². The minimum atomic E-state index is -0.415. The smallest absolute Gasteiger partial charge is 0.265 e. The first-order valence-corrected chi connectivity index (χ1v) is 7.40. The van der Waals surface area contributed by atoms with Gasteiger partial charge in [0.25, 0.3) is 5.91 Å². The zero-order valence-electron chi connectivity index (χ0n) is 10.7. The number of nitrogens with one attached hydrogen (secondary N) is 1. The van der Waals surface area contributed by atoms with Crippen LogP contribution in [0.25, 0.3) is 0 Å². The van der Waals surface area contributed by atoms with Crippen LogP contribution < -0.4 is 16.0 Å². The Morgan fingerprint density at radius 2 is 2.16 bits per heavy atom. The van der Waals surface area contributed by atoms with Crippen molar-refractivity contribution in [2.75, 3.05) is 30.3 Å². The van der Waals surface area contributed by atoms with Crippen molar-refractivity contribution in [3.63, 3.8) is 0 Å². The lowest BCUT2D eigenvalue weighted by Crippen LogP contribution is -2.39. The van der Waals surface area contributed by atoms with Crippen molar-refractivity contribution < 1.29 is 9.90 Å². The van der Waals surface area contributed by atoms with Crippen LogP contribution >= 0.6 is 11.3 Å². The van der Waals surface area contributed by atoms with Crippen molar-refractivity contribution in [3.8, 4) is 0 Å². The van der Waals surface area contributed by atoms with Crippen molar-refractivity contribution in [2.45, 2.75) is 31.2 Å². The van der Waals surface area contributed by atoms with E-state index in [1.807, 2.05) is 0 Å². The SMILES string of the molecule is Nc1nc(N2CCCC2)sc1C(=O)NC1(CO)CC1. The van der Waals surface area contributed by atoms with E-state index in [4.69, 9.17) is 5.73 Å². The molecular formula is C12H18N4O2S. The molecule has 6 nitrogen and oxygen atoms in total. The van der Waals surface area contributed by atoms with Gasteiger partial charge in [-0.1, -0.05) is 11.3 Å². The zero-order chi connectivity index (χ0) is 13.5. The molecule has 1 saturated carbocycles. The average molecular weight is 282 g/mol. The first kappa shape index (κ1) is 12.7. The van der Waals surface area contributed by atoms with Crippen LogP contribution in [-0.2, 0) is 0 Å². The van der Waals surface area contributed by atoms with Crippen LogP contribution in [0.3, 0.4) is 0 Å². The number of carbonyl (C=O) groups excluding carboxylic acids is 1. The number of nitrogens with zero attached hydrogens (tertiary/aromatic N) is 2. The highest BCUT2D eigenvalue weighted by Gasteiger charge is 2.44. The second-order valence-corrected chi connectivity index (χ2v) is 6.28. The van der Waals surface area contributed by atoms with Gasteiger partial charge in [-0.05, 0) is 25.7 Å². The van der Waals surface area contributed by atoms with Gasteiger partial charge < -0.3 is 21.1 Å². The maximum absolute atomic E-state index is 12.2. The van der Waals surface area contributed by atoms with Crippen molar-refractivity contribution in [3.05, 3.63) is 4.88 Å². The number of nitrogen functional groups attached to an aromatic ring is 1. The molecule has 2 aliphatic rings. The van der Waals surface area contributed by atoms with E-state index in [9.17, 15) is 9.90 Å². The standard InChI is InChI=1S/C12H18N4O2S/c13-9-8(10(18)15-12(7-17)3-4-12)19-11(14-9)16-5-1-2-6-16/h17H,1-7,13H2,(H,15,18). The monoisotopic (exact) mass is 282 g/mol. The third kappa shape index (κ3) is 2.40. The summed E-state index contributed by atoms with van der Waals surface area (Å²) in [5.74, 6) is 0.0742. The molecule has 19 heavy (non-hydrogen) atoms. The Balaban J connectivity index is 1.75. The highest BCUT2D eigenvalue weighted by molar-refractivity contribution is 7.18. The summed E-state index contributed by atoms with van der Waals surface area (Å²) in [5.41, 5.74) is 5.42. The molecule has 7 heteroatoms. The lowest BCUT2D eigenvalue weighted by Gasteiger charge is -2.13.